The third-order valence-corrected chi connectivity index (χ3v) is 4.80. The summed E-state index contributed by atoms with van der Waals surface area (Å²) in [6, 6.07) is 12.5. The molecule has 1 heterocycles. The molecular formula is C18H14ClFN2O2S. The second-order valence-electron chi connectivity index (χ2n) is 5.37. The summed E-state index contributed by atoms with van der Waals surface area (Å²) < 4.78 is 13.2. The third-order valence-electron chi connectivity index (χ3n) is 3.49. The molecule has 128 valence electrons. The molecule has 0 unspecified atom stereocenters. The van der Waals surface area contributed by atoms with Crippen LogP contribution in [-0.4, -0.2) is 16.6 Å². The van der Waals surface area contributed by atoms with Crippen molar-refractivity contribution in [3.05, 3.63) is 75.3 Å². The van der Waals surface area contributed by atoms with E-state index in [0.717, 1.165) is 0 Å². The van der Waals surface area contributed by atoms with Crippen molar-refractivity contribution >= 4 is 45.9 Å². The van der Waals surface area contributed by atoms with E-state index in [9.17, 15) is 14.0 Å². The van der Waals surface area contributed by atoms with Gasteiger partial charge in [-0.2, -0.15) is 0 Å². The minimum atomic E-state index is -0.448. The van der Waals surface area contributed by atoms with E-state index in [1.165, 1.54) is 36.0 Å². The number of aromatic amines is 1. The van der Waals surface area contributed by atoms with Crippen LogP contribution < -0.4 is 10.7 Å². The van der Waals surface area contributed by atoms with E-state index >= 15 is 0 Å². The van der Waals surface area contributed by atoms with Crippen LogP contribution in [0.3, 0.4) is 0 Å². The van der Waals surface area contributed by atoms with E-state index in [4.69, 9.17) is 11.6 Å². The number of carbonyl (C=O) groups excluding carboxylic acids is 1. The molecule has 0 aliphatic heterocycles. The number of amides is 1. The molecule has 2 aromatic carbocycles. The second kappa shape index (κ2) is 7.72. The predicted octanol–water partition coefficient (Wildman–Crippen LogP) is 4.19. The number of carbonyl (C=O) groups is 1. The normalized spacial score (nSPS) is 10.8. The summed E-state index contributed by atoms with van der Waals surface area (Å²) >= 11 is 7.35. The number of para-hydroxylation sites is 1. The van der Waals surface area contributed by atoms with Gasteiger partial charge in [0, 0.05) is 28.4 Å². The highest BCUT2D eigenvalue weighted by atomic mass is 35.5. The number of nitrogens with one attached hydrogen (secondary N) is 2. The number of halogens is 2. The lowest BCUT2D eigenvalue weighted by Crippen LogP contribution is -2.14. The Kier molecular flexibility index (Phi) is 5.40. The molecule has 0 fully saturated rings. The zero-order valence-corrected chi connectivity index (χ0v) is 14.6. The Hall–Kier alpha value is -2.31. The Morgan fingerprint density at radius 3 is 2.80 bits per heavy atom. The zero-order chi connectivity index (χ0) is 17.8. The molecule has 7 heteroatoms. The molecule has 2 N–H and O–H groups in total. The number of rotatable bonds is 5. The Morgan fingerprint density at radius 2 is 2.00 bits per heavy atom. The number of hydrogen-bond acceptors (Lipinski definition) is 3. The summed E-state index contributed by atoms with van der Waals surface area (Å²) in [7, 11) is 0. The summed E-state index contributed by atoms with van der Waals surface area (Å²) in [6.45, 7) is 0. The van der Waals surface area contributed by atoms with Gasteiger partial charge >= 0.3 is 0 Å². The highest BCUT2D eigenvalue weighted by molar-refractivity contribution is 7.99. The number of fused-ring (bicyclic) bond motifs is 1. The highest BCUT2D eigenvalue weighted by Gasteiger charge is 2.07. The topological polar surface area (TPSA) is 62.0 Å². The van der Waals surface area contributed by atoms with Gasteiger partial charge in [-0.3, -0.25) is 9.59 Å². The SMILES string of the molecule is O=C(CSCc1cc(=O)c2cc(F)ccc2[nH]1)Nc1ccccc1Cl. The molecular weight excluding hydrogens is 363 g/mol. The van der Waals surface area contributed by atoms with Crippen molar-refractivity contribution in [3.63, 3.8) is 0 Å². The fourth-order valence-electron chi connectivity index (χ4n) is 2.35. The first-order valence-electron chi connectivity index (χ1n) is 7.46. The molecule has 1 amide bonds. The van der Waals surface area contributed by atoms with Crippen LogP contribution in [0.4, 0.5) is 10.1 Å². The first-order valence-corrected chi connectivity index (χ1v) is 9.00. The standard InChI is InChI=1S/C18H14ClFN2O2S/c19-14-3-1-2-4-16(14)22-18(24)10-25-9-12-8-17(23)13-7-11(20)5-6-15(13)21-12/h1-8H,9-10H2,(H,21,23)(H,22,24). The second-order valence-corrected chi connectivity index (χ2v) is 6.76. The molecule has 0 spiro atoms. The van der Waals surface area contributed by atoms with Crippen molar-refractivity contribution in [1.29, 1.82) is 0 Å². The Balaban J connectivity index is 1.61. The van der Waals surface area contributed by atoms with Gasteiger partial charge < -0.3 is 10.3 Å². The van der Waals surface area contributed by atoms with E-state index in [2.05, 4.69) is 10.3 Å². The van der Waals surface area contributed by atoms with Crippen LogP contribution in [0.25, 0.3) is 10.9 Å². The predicted molar refractivity (Wildman–Crippen MR) is 101 cm³/mol. The maximum atomic E-state index is 13.2. The van der Waals surface area contributed by atoms with E-state index in [-0.39, 0.29) is 17.1 Å². The minimum Gasteiger partial charge on any atom is -0.357 e. The van der Waals surface area contributed by atoms with Crippen LogP contribution in [0.2, 0.25) is 5.02 Å². The number of H-pyrrole nitrogens is 1. The molecule has 25 heavy (non-hydrogen) atoms. The van der Waals surface area contributed by atoms with Crippen LogP contribution in [0, 0.1) is 5.82 Å². The molecule has 3 rings (SSSR count). The van der Waals surface area contributed by atoms with Crippen molar-refractivity contribution in [2.75, 3.05) is 11.1 Å². The number of pyridine rings is 1. The van der Waals surface area contributed by atoms with Crippen LogP contribution in [0.15, 0.2) is 53.3 Å². The van der Waals surface area contributed by atoms with Gasteiger partial charge in [0.2, 0.25) is 5.91 Å². The zero-order valence-electron chi connectivity index (χ0n) is 13.0. The number of anilines is 1. The monoisotopic (exact) mass is 376 g/mol. The van der Waals surface area contributed by atoms with Crippen molar-refractivity contribution in [2.45, 2.75) is 5.75 Å². The minimum absolute atomic E-state index is 0.177. The maximum absolute atomic E-state index is 13.2. The number of hydrogen-bond donors (Lipinski definition) is 2. The molecule has 0 saturated carbocycles. The maximum Gasteiger partial charge on any atom is 0.234 e. The van der Waals surface area contributed by atoms with E-state index < -0.39 is 5.82 Å². The summed E-state index contributed by atoms with van der Waals surface area (Å²) in [5.41, 5.74) is 1.57. The van der Waals surface area contributed by atoms with Crippen molar-refractivity contribution in [1.82, 2.24) is 4.98 Å². The van der Waals surface area contributed by atoms with Crippen LogP contribution in [0.1, 0.15) is 5.69 Å². The van der Waals surface area contributed by atoms with Gasteiger partial charge in [-0.1, -0.05) is 23.7 Å². The highest BCUT2D eigenvalue weighted by Crippen LogP contribution is 2.21. The first kappa shape index (κ1) is 17.5. The Morgan fingerprint density at radius 1 is 1.20 bits per heavy atom. The third kappa shape index (κ3) is 4.41. The summed E-state index contributed by atoms with van der Waals surface area (Å²) in [6.07, 6.45) is 0. The van der Waals surface area contributed by atoms with Crippen molar-refractivity contribution < 1.29 is 9.18 Å². The molecule has 0 aliphatic carbocycles. The molecule has 0 aliphatic rings. The van der Waals surface area contributed by atoms with E-state index in [0.29, 0.717) is 33.1 Å². The molecule has 0 radical (unpaired) electrons. The Bertz CT molecular complexity index is 990. The van der Waals surface area contributed by atoms with Gasteiger partial charge in [0.1, 0.15) is 5.82 Å². The van der Waals surface area contributed by atoms with Crippen LogP contribution in [0.5, 0.6) is 0 Å². The van der Waals surface area contributed by atoms with Crippen LogP contribution >= 0.6 is 23.4 Å². The summed E-state index contributed by atoms with van der Waals surface area (Å²) in [4.78, 5) is 27.1. The largest absolute Gasteiger partial charge is 0.357 e. The quantitative estimate of drug-likeness (QED) is 0.701. The van der Waals surface area contributed by atoms with Gasteiger partial charge in [-0.15, -0.1) is 11.8 Å². The lowest BCUT2D eigenvalue weighted by atomic mass is 10.2. The van der Waals surface area contributed by atoms with E-state index in [1.54, 1.807) is 24.3 Å². The van der Waals surface area contributed by atoms with Crippen molar-refractivity contribution in [3.8, 4) is 0 Å². The average Bonchev–Trinajstić information content (AvgIpc) is 2.58. The Labute approximate surface area is 152 Å². The first-order chi connectivity index (χ1) is 12.0. The molecule has 1 aromatic heterocycles. The summed E-state index contributed by atoms with van der Waals surface area (Å²) in [5, 5.41) is 3.53. The van der Waals surface area contributed by atoms with Gasteiger partial charge in [0.05, 0.1) is 16.5 Å². The lowest BCUT2D eigenvalue weighted by Gasteiger charge is -2.07. The molecule has 0 bridgehead atoms. The number of aromatic nitrogens is 1. The smallest absolute Gasteiger partial charge is 0.234 e. The number of thioether (sulfide) groups is 1. The fraction of sp³-hybridized carbons (Fsp3) is 0.111. The molecule has 3 aromatic rings. The lowest BCUT2D eigenvalue weighted by molar-refractivity contribution is -0.113. The van der Waals surface area contributed by atoms with Gasteiger partial charge in [-0.05, 0) is 30.3 Å². The van der Waals surface area contributed by atoms with Gasteiger partial charge in [0.15, 0.2) is 5.43 Å². The van der Waals surface area contributed by atoms with Crippen LogP contribution in [-0.2, 0) is 10.5 Å². The number of benzene rings is 2. The van der Waals surface area contributed by atoms with Crippen molar-refractivity contribution in [2.24, 2.45) is 0 Å². The molecule has 4 nitrogen and oxygen atoms in total. The van der Waals surface area contributed by atoms with Gasteiger partial charge in [0.25, 0.3) is 0 Å². The van der Waals surface area contributed by atoms with Gasteiger partial charge in [-0.25, -0.2) is 4.39 Å². The summed E-state index contributed by atoms with van der Waals surface area (Å²) in [5.74, 6) is 0.0485. The average molecular weight is 377 g/mol. The van der Waals surface area contributed by atoms with E-state index in [1.807, 2.05) is 0 Å². The molecule has 0 atom stereocenters. The molecule has 0 saturated heterocycles. The fourth-order valence-corrected chi connectivity index (χ4v) is 3.27.